The number of carbonyl (C=O) groups excluding carboxylic acids is 1. The van der Waals surface area contributed by atoms with Gasteiger partial charge in [0.1, 0.15) is 6.61 Å². The Hall–Kier alpha value is -1.39. The number of fused-ring (bicyclic) bond motifs is 1. The van der Waals surface area contributed by atoms with Crippen molar-refractivity contribution in [3.63, 3.8) is 0 Å². The second-order valence-electron chi connectivity index (χ2n) is 7.44. The molecule has 0 aromatic heterocycles. The van der Waals surface area contributed by atoms with Crippen molar-refractivity contribution >= 4 is 5.91 Å². The summed E-state index contributed by atoms with van der Waals surface area (Å²) >= 11 is 0. The fourth-order valence-corrected chi connectivity index (χ4v) is 4.91. The second kappa shape index (κ2) is 7.24. The van der Waals surface area contributed by atoms with Gasteiger partial charge in [0.15, 0.2) is 0 Å². The lowest BCUT2D eigenvalue weighted by Gasteiger charge is -2.49. The van der Waals surface area contributed by atoms with E-state index in [-0.39, 0.29) is 24.7 Å². The predicted octanol–water partition coefficient (Wildman–Crippen LogP) is 2.88. The lowest BCUT2D eigenvalue weighted by Crippen LogP contribution is -2.57. The molecule has 0 radical (unpaired) electrons. The molecule has 3 fully saturated rings. The Morgan fingerprint density at radius 1 is 1.12 bits per heavy atom. The molecule has 1 amide bonds. The first kappa shape index (κ1) is 16.1. The molecule has 1 aromatic rings. The summed E-state index contributed by atoms with van der Waals surface area (Å²) in [5, 5.41) is 3.26. The van der Waals surface area contributed by atoms with E-state index in [0.29, 0.717) is 18.4 Å². The minimum atomic E-state index is 0.0179. The van der Waals surface area contributed by atoms with E-state index in [2.05, 4.69) is 35.6 Å². The summed E-state index contributed by atoms with van der Waals surface area (Å²) in [6.45, 7) is 1.51. The summed E-state index contributed by atoms with van der Waals surface area (Å²) in [5.74, 6) is 1.88. The second-order valence-corrected chi connectivity index (χ2v) is 7.44. The highest BCUT2D eigenvalue weighted by atomic mass is 16.5. The fraction of sp³-hybridized carbons (Fsp3) is 0.650. The first-order valence-corrected chi connectivity index (χ1v) is 9.36. The van der Waals surface area contributed by atoms with Gasteiger partial charge >= 0.3 is 0 Å². The molecule has 4 nitrogen and oxygen atoms in total. The van der Waals surface area contributed by atoms with Crippen molar-refractivity contribution in [2.75, 3.05) is 19.8 Å². The number of benzene rings is 1. The van der Waals surface area contributed by atoms with Crippen LogP contribution in [0.1, 0.15) is 43.6 Å². The Bertz CT molecular complexity index is 555. The van der Waals surface area contributed by atoms with Crippen molar-refractivity contribution in [1.82, 2.24) is 5.32 Å². The molecule has 1 N–H and O–H groups in total. The largest absolute Gasteiger partial charge is 0.376 e. The van der Waals surface area contributed by atoms with Gasteiger partial charge in [0.25, 0.3) is 0 Å². The number of hydrogen-bond acceptors (Lipinski definition) is 3. The Morgan fingerprint density at radius 2 is 1.96 bits per heavy atom. The molecule has 1 heterocycles. The number of carbonyl (C=O) groups is 1. The van der Waals surface area contributed by atoms with Crippen LogP contribution in [0.2, 0.25) is 0 Å². The van der Waals surface area contributed by atoms with Crippen LogP contribution in [0.3, 0.4) is 0 Å². The van der Waals surface area contributed by atoms with Gasteiger partial charge in [0.05, 0.1) is 12.7 Å². The average molecular weight is 329 g/mol. The van der Waals surface area contributed by atoms with Crippen LogP contribution in [0.15, 0.2) is 30.3 Å². The van der Waals surface area contributed by atoms with E-state index in [4.69, 9.17) is 9.47 Å². The first-order chi connectivity index (χ1) is 11.8. The summed E-state index contributed by atoms with van der Waals surface area (Å²) < 4.78 is 11.1. The summed E-state index contributed by atoms with van der Waals surface area (Å²) in [4.78, 5) is 12.3. The molecule has 2 aliphatic carbocycles. The maximum absolute atomic E-state index is 12.3. The zero-order valence-corrected chi connectivity index (χ0v) is 14.2. The third-order valence-corrected chi connectivity index (χ3v) is 6.01. The van der Waals surface area contributed by atoms with Crippen LogP contribution < -0.4 is 5.32 Å². The molecular formula is C20H27NO3. The number of ether oxygens (including phenoxy) is 2. The monoisotopic (exact) mass is 329 g/mol. The van der Waals surface area contributed by atoms with Crippen molar-refractivity contribution in [1.29, 1.82) is 0 Å². The Morgan fingerprint density at radius 3 is 2.75 bits per heavy atom. The lowest BCUT2D eigenvalue weighted by atomic mass is 9.60. The fourth-order valence-electron chi connectivity index (χ4n) is 4.91. The van der Waals surface area contributed by atoms with Gasteiger partial charge in [0, 0.05) is 18.6 Å². The number of nitrogens with one attached hydrogen (secondary N) is 1. The molecule has 1 aromatic carbocycles. The zero-order valence-electron chi connectivity index (χ0n) is 14.2. The minimum Gasteiger partial charge on any atom is -0.376 e. The van der Waals surface area contributed by atoms with Crippen molar-refractivity contribution < 1.29 is 14.3 Å². The summed E-state index contributed by atoms with van der Waals surface area (Å²) in [6, 6.07) is 10.9. The molecule has 1 saturated heterocycles. The van der Waals surface area contributed by atoms with Gasteiger partial charge in [-0.25, -0.2) is 0 Å². The summed E-state index contributed by atoms with van der Waals surface area (Å²) in [6.07, 6.45) is 6.16. The molecule has 4 rings (SSSR count). The SMILES string of the molecule is O=C(COCC1CCCO1)NC1C2CCCC2C1c1ccccc1. The highest BCUT2D eigenvalue weighted by molar-refractivity contribution is 5.78. The van der Waals surface area contributed by atoms with Gasteiger partial charge in [-0.1, -0.05) is 36.8 Å². The van der Waals surface area contributed by atoms with Crippen molar-refractivity contribution in [2.45, 2.75) is 50.2 Å². The summed E-state index contributed by atoms with van der Waals surface area (Å²) in [7, 11) is 0. The number of hydrogen-bond donors (Lipinski definition) is 1. The van der Waals surface area contributed by atoms with Crippen LogP contribution in [0.25, 0.3) is 0 Å². The molecule has 24 heavy (non-hydrogen) atoms. The molecule has 3 aliphatic rings. The van der Waals surface area contributed by atoms with Gasteiger partial charge in [-0.3, -0.25) is 4.79 Å². The van der Waals surface area contributed by atoms with Crippen LogP contribution in [0.4, 0.5) is 0 Å². The standard InChI is InChI=1S/C20H27NO3/c22-18(13-23-12-15-8-5-11-24-15)21-20-17-10-4-9-16(17)19(20)14-6-2-1-3-7-14/h1-3,6-7,15-17,19-20H,4-5,8-13H2,(H,21,22). The third-order valence-electron chi connectivity index (χ3n) is 6.01. The van der Waals surface area contributed by atoms with E-state index in [9.17, 15) is 4.79 Å². The van der Waals surface area contributed by atoms with E-state index >= 15 is 0 Å². The molecule has 0 spiro atoms. The van der Waals surface area contributed by atoms with Crippen LogP contribution in [-0.4, -0.2) is 37.9 Å². The Balaban J connectivity index is 1.31. The highest BCUT2D eigenvalue weighted by Gasteiger charge is 2.53. The van der Waals surface area contributed by atoms with Gasteiger partial charge in [0.2, 0.25) is 5.91 Å². The maximum Gasteiger partial charge on any atom is 0.246 e. The smallest absolute Gasteiger partial charge is 0.246 e. The van der Waals surface area contributed by atoms with Crippen LogP contribution in [-0.2, 0) is 14.3 Å². The van der Waals surface area contributed by atoms with Gasteiger partial charge in [-0.15, -0.1) is 0 Å². The quantitative estimate of drug-likeness (QED) is 0.873. The van der Waals surface area contributed by atoms with Gasteiger partial charge in [-0.2, -0.15) is 0 Å². The van der Waals surface area contributed by atoms with E-state index in [1.807, 2.05) is 0 Å². The van der Waals surface area contributed by atoms with E-state index in [0.717, 1.165) is 25.4 Å². The van der Waals surface area contributed by atoms with Crippen LogP contribution >= 0.6 is 0 Å². The van der Waals surface area contributed by atoms with Crippen molar-refractivity contribution in [3.05, 3.63) is 35.9 Å². The lowest BCUT2D eigenvalue weighted by molar-refractivity contribution is -0.129. The zero-order chi connectivity index (χ0) is 16.4. The van der Waals surface area contributed by atoms with E-state index in [1.54, 1.807) is 0 Å². The summed E-state index contributed by atoms with van der Waals surface area (Å²) in [5.41, 5.74) is 1.37. The van der Waals surface area contributed by atoms with E-state index < -0.39 is 0 Å². The van der Waals surface area contributed by atoms with Gasteiger partial charge in [-0.05, 0) is 43.1 Å². The molecule has 5 atom stereocenters. The van der Waals surface area contributed by atoms with Gasteiger partial charge < -0.3 is 14.8 Å². The molecule has 5 unspecified atom stereocenters. The molecule has 130 valence electrons. The molecule has 4 heteroatoms. The topological polar surface area (TPSA) is 47.6 Å². The Kier molecular flexibility index (Phi) is 4.86. The van der Waals surface area contributed by atoms with E-state index in [1.165, 1.54) is 24.8 Å². The molecule has 0 bridgehead atoms. The molecule has 1 aliphatic heterocycles. The maximum atomic E-state index is 12.3. The average Bonchev–Trinajstić information content (AvgIpc) is 3.24. The van der Waals surface area contributed by atoms with Crippen LogP contribution in [0, 0.1) is 11.8 Å². The predicted molar refractivity (Wildman–Crippen MR) is 91.7 cm³/mol. The molecular weight excluding hydrogens is 302 g/mol. The first-order valence-electron chi connectivity index (χ1n) is 9.36. The number of amides is 1. The Labute approximate surface area is 143 Å². The van der Waals surface area contributed by atoms with Crippen molar-refractivity contribution in [3.8, 4) is 0 Å². The molecule has 2 saturated carbocycles. The number of rotatable bonds is 6. The van der Waals surface area contributed by atoms with Crippen LogP contribution in [0.5, 0.6) is 0 Å². The third kappa shape index (κ3) is 3.22. The minimum absolute atomic E-state index is 0.0179. The van der Waals surface area contributed by atoms with Crippen molar-refractivity contribution in [2.24, 2.45) is 11.8 Å². The normalized spacial score (nSPS) is 34.6. The highest BCUT2D eigenvalue weighted by Crippen LogP contribution is 2.55.